The van der Waals surface area contributed by atoms with Gasteiger partial charge in [-0.15, -0.1) is 11.6 Å². The highest BCUT2D eigenvalue weighted by Crippen LogP contribution is 2.34. The van der Waals surface area contributed by atoms with Crippen LogP contribution in [0.15, 0.2) is 24.3 Å². The van der Waals surface area contributed by atoms with Crippen LogP contribution < -0.4 is 5.32 Å². The molecular weight excluding hydrogens is 218 g/mol. The molecule has 1 N–H and O–H groups in total. The van der Waals surface area contributed by atoms with E-state index in [1.807, 2.05) is 6.92 Å². The highest BCUT2D eigenvalue weighted by atomic mass is 35.5. The fourth-order valence-electron chi connectivity index (χ4n) is 2.07. The summed E-state index contributed by atoms with van der Waals surface area (Å²) < 4.78 is 0. The maximum Gasteiger partial charge on any atom is 0.0484 e. The zero-order chi connectivity index (χ0) is 11.8. The van der Waals surface area contributed by atoms with E-state index in [2.05, 4.69) is 43.4 Å². The molecule has 0 radical (unpaired) electrons. The van der Waals surface area contributed by atoms with Crippen LogP contribution in [0.3, 0.4) is 0 Å². The molecular formula is C14H20ClN. The van der Waals surface area contributed by atoms with Crippen LogP contribution in [0.25, 0.3) is 0 Å². The summed E-state index contributed by atoms with van der Waals surface area (Å²) in [5.74, 6) is 0.672. The van der Waals surface area contributed by atoms with Crippen molar-refractivity contribution in [2.75, 3.05) is 6.54 Å². The quantitative estimate of drug-likeness (QED) is 0.793. The summed E-state index contributed by atoms with van der Waals surface area (Å²) in [5, 5.41) is 3.71. The summed E-state index contributed by atoms with van der Waals surface area (Å²) in [6, 6.07) is 8.71. The van der Waals surface area contributed by atoms with Crippen molar-refractivity contribution in [2.45, 2.75) is 44.0 Å². The molecule has 0 amide bonds. The first kappa shape index (κ1) is 11.9. The van der Waals surface area contributed by atoms with Gasteiger partial charge in [0.15, 0.2) is 0 Å². The molecule has 0 aromatic heterocycles. The van der Waals surface area contributed by atoms with E-state index < -0.39 is 0 Å². The maximum atomic E-state index is 6.15. The lowest BCUT2D eigenvalue weighted by Crippen LogP contribution is -2.48. The van der Waals surface area contributed by atoms with Crippen LogP contribution in [0.4, 0.5) is 0 Å². The van der Waals surface area contributed by atoms with Crippen molar-refractivity contribution < 1.29 is 0 Å². The summed E-state index contributed by atoms with van der Waals surface area (Å²) in [4.78, 5) is 0. The number of hydrogen-bond acceptors (Lipinski definition) is 1. The van der Waals surface area contributed by atoms with Crippen LogP contribution in [-0.4, -0.2) is 17.5 Å². The van der Waals surface area contributed by atoms with Gasteiger partial charge in [-0.3, -0.25) is 0 Å². The van der Waals surface area contributed by atoms with Gasteiger partial charge in [-0.1, -0.05) is 24.3 Å². The Kier molecular flexibility index (Phi) is 3.27. The second-order valence-corrected chi connectivity index (χ2v) is 5.97. The van der Waals surface area contributed by atoms with Gasteiger partial charge in [0, 0.05) is 23.4 Å². The highest BCUT2D eigenvalue weighted by molar-refractivity contribution is 6.21. The summed E-state index contributed by atoms with van der Waals surface area (Å²) in [6.45, 7) is 7.40. The van der Waals surface area contributed by atoms with E-state index in [1.165, 1.54) is 17.5 Å². The Labute approximate surface area is 103 Å². The highest BCUT2D eigenvalue weighted by Gasteiger charge is 2.29. The van der Waals surface area contributed by atoms with Crippen LogP contribution >= 0.6 is 11.6 Å². The fraction of sp³-hybridized carbons (Fsp3) is 0.571. The summed E-state index contributed by atoms with van der Waals surface area (Å²) in [5.41, 5.74) is 3.02. The number of benzene rings is 1. The molecule has 2 unspecified atom stereocenters. The van der Waals surface area contributed by atoms with Gasteiger partial charge >= 0.3 is 0 Å². The first-order valence-corrected chi connectivity index (χ1v) is 6.41. The third-order valence-corrected chi connectivity index (χ3v) is 4.31. The van der Waals surface area contributed by atoms with Gasteiger partial charge < -0.3 is 5.32 Å². The van der Waals surface area contributed by atoms with E-state index in [1.54, 1.807) is 0 Å². The van der Waals surface area contributed by atoms with Gasteiger partial charge in [-0.25, -0.2) is 0 Å². The van der Waals surface area contributed by atoms with Crippen molar-refractivity contribution in [1.29, 1.82) is 0 Å². The van der Waals surface area contributed by atoms with E-state index in [9.17, 15) is 0 Å². The average molecular weight is 238 g/mol. The van der Waals surface area contributed by atoms with Gasteiger partial charge in [0.25, 0.3) is 0 Å². The van der Waals surface area contributed by atoms with Gasteiger partial charge in [0.05, 0.1) is 0 Å². The van der Waals surface area contributed by atoms with Crippen LogP contribution in [-0.2, 0) is 6.42 Å². The Morgan fingerprint density at radius 2 is 2.12 bits per heavy atom. The molecule has 1 aliphatic rings. The first-order chi connectivity index (χ1) is 7.50. The molecule has 0 spiro atoms. The topological polar surface area (TPSA) is 12.0 Å². The molecule has 2 atom stereocenters. The van der Waals surface area contributed by atoms with Crippen LogP contribution in [0, 0.1) is 0 Å². The fourth-order valence-corrected chi connectivity index (χ4v) is 2.15. The third kappa shape index (κ3) is 2.26. The minimum atomic E-state index is 0.00604. The Bertz CT molecular complexity index is 371. The van der Waals surface area contributed by atoms with Gasteiger partial charge in [-0.05, 0) is 38.3 Å². The lowest BCUT2D eigenvalue weighted by Gasteiger charge is -2.35. The molecule has 0 saturated carbocycles. The SMILES string of the molecule is CC(Cl)C(C)(C)NCC1Cc2ccccc21. The second-order valence-electron chi connectivity index (χ2n) is 5.32. The monoisotopic (exact) mass is 237 g/mol. The average Bonchev–Trinajstić information content (AvgIpc) is 2.19. The van der Waals surface area contributed by atoms with E-state index in [4.69, 9.17) is 11.6 Å². The maximum absolute atomic E-state index is 6.15. The van der Waals surface area contributed by atoms with E-state index in [-0.39, 0.29) is 10.9 Å². The number of rotatable bonds is 4. The lowest BCUT2D eigenvalue weighted by molar-refractivity contribution is 0.359. The van der Waals surface area contributed by atoms with Gasteiger partial charge in [0.2, 0.25) is 0 Å². The van der Waals surface area contributed by atoms with Crippen molar-refractivity contribution in [3.8, 4) is 0 Å². The molecule has 1 aromatic carbocycles. The van der Waals surface area contributed by atoms with Gasteiger partial charge in [0.1, 0.15) is 0 Å². The molecule has 88 valence electrons. The van der Waals surface area contributed by atoms with Crippen LogP contribution in [0.5, 0.6) is 0 Å². The number of nitrogens with one attached hydrogen (secondary N) is 1. The Hall–Kier alpha value is -0.530. The Morgan fingerprint density at radius 1 is 1.44 bits per heavy atom. The molecule has 0 bridgehead atoms. The summed E-state index contributed by atoms with van der Waals surface area (Å²) >= 11 is 6.15. The third-order valence-electron chi connectivity index (χ3n) is 3.76. The minimum absolute atomic E-state index is 0.00604. The molecule has 16 heavy (non-hydrogen) atoms. The van der Waals surface area contributed by atoms with Crippen molar-refractivity contribution >= 4 is 11.6 Å². The normalized spacial score (nSPS) is 21.1. The van der Waals surface area contributed by atoms with Gasteiger partial charge in [-0.2, -0.15) is 0 Å². The number of alkyl halides is 1. The molecule has 1 aromatic rings. The summed E-state index contributed by atoms with van der Waals surface area (Å²) in [7, 11) is 0. The molecule has 0 saturated heterocycles. The molecule has 0 heterocycles. The molecule has 2 rings (SSSR count). The largest absolute Gasteiger partial charge is 0.310 e. The van der Waals surface area contributed by atoms with Crippen molar-refractivity contribution in [3.05, 3.63) is 35.4 Å². The molecule has 0 aliphatic heterocycles. The first-order valence-electron chi connectivity index (χ1n) is 5.97. The minimum Gasteiger partial charge on any atom is -0.310 e. The second kappa shape index (κ2) is 4.38. The van der Waals surface area contributed by atoms with Crippen molar-refractivity contribution in [3.63, 3.8) is 0 Å². The van der Waals surface area contributed by atoms with E-state index >= 15 is 0 Å². The summed E-state index contributed by atoms with van der Waals surface area (Å²) in [6.07, 6.45) is 1.20. The predicted octanol–water partition coefficient (Wildman–Crippen LogP) is 3.32. The molecule has 1 aliphatic carbocycles. The molecule has 0 fully saturated rings. The number of halogens is 1. The lowest BCUT2D eigenvalue weighted by atomic mass is 9.77. The Morgan fingerprint density at radius 3 is 2.75 bits per heavy atom. The van der Waals surface area contributed by atoms with Crippen LogP contribution in [0.1, 0.15) is 37.8 Å². The standard InChI is InChI=1S/C14H20ClN/c1-10(15)14(2,3)16-9-12-8-11-6-4-5-7-13(11)12/h4-7,10,12,16H,8-9H2,1-3H3. The van der Waals surface area contributed by atoms with Crippen molar-refractivity contribution in [2.24, 2.45) is 0 Å². The van der Waals surface area contributed by atoms with Crippen LogP contribution in [0.2, 0.25) is 0 Å². The predicted molar refractivity (Wildman–Crippen MR) is 70.3 cm³/mol. The Balaban J connectivity index is 1.91. The van der Waals surface area contributed by atoms with E-state index in [0.29, 0.717) is 5.92 Å². The van der Waals surface area contributed by atoms with Crippen molar-refractivity contribution in [1.82, 2.24) is 5.32 Å². The van der Waals surface area contributed by atoms with E-state index in [0.717, 1.165) is 6.54 Å². The number of fused-ring (bicyclic) bond motifs is 1. The molecule has 2 heteroatoms. The number of hydrogen-bond donors (Lipinski definition) is 1. The molecule has 1 nitrogen and oxygen atoms in total. The smallest absolute Gasteiger partial charge is 0.0484 e. The zero-order valence-corrected chi connectivity index (χ0v) is 11.0. The zero-order valence-electron chi connectivity index (χ0n) is 10.3.